The minimum Gasteiger partial charge on any atom is -0.341 e. The molecule has 4 heterocycles. The van der Waals surface area contributed by atoms with E-state index in [1.54, 1.807) is 0 Å². The molecule has 1 saturated heterocycles. The van der Waals surface area contributed by atoms with E-state index in [4.69, 9.17) is 4.98 Å². The van der Waals surface area contributed by atoms with Crippen LogP contribution >= 0.6 is 0 Å². The van der Waals surface area contributed by atoms with Crippen LogP contribution in [0.5, 0.6) is 0 Å². The van der Waals surface area contributed by atoms with E-state index in [1.165, 1.54) is 12.8 Å². The van der Waals surface area contributed by atoms with Crippen LogP contribution in [0.1, 0.15) is 45.5 Å². The van der Waals surface area contributed by atoms with Gasteiger partial charge in [-0.3, -0.25) is 0 Å². The third-order valence-electron chi connectivity index (χ3n) is 5.11. The predicted octanol–water partition coefficient (Wildman–Crippen LogP) is 4.09. The molecule has 7 heteroatoms. The average molecular weight is 365 g/mol. The van der Waals surface area contributed by atoms with E-state index in [1.807, 2.05) is 31.5 Å². The van der Waals surface area contributed by atoms with Crippen LogP contribution in [0.15, 0.2) is 24.5 Å². The minimum absolute atomic E-state index is 0.344. The second kappa shape index (κ2) is 7.13. The Labute approximate surface area is 159 Å². The van der Waals surface area contributed by atoms with Crippen LogP contribution in [0.2, 0.25) is 0 Å². The van der Waals surface area contributed by atoms with Gasteiger partial charge in [-0.25, -0.2) is 15.0 Å². The van der Waals surface area contributed by atoms with Gasteiger partial charge in [0.15, 0.2) is 0 Å². The summed E-state index contributed by atoms with van der Waals surface area (Å²) < 4.78 is 2.22. The lowest BCUT2D eigenvalue weighted by molar-refractivity contribution is 0.442. The van der Waals surface area contributed by atoms with Gasteiger partial charge in [-0.05, 0) is 45.6 Å². The van der Waals surface area contributed by atoms with Crippen LogP contribution in [-0.4, -0.2) is 37.6 Å². The maximum absolute atomic E-state index is 4.71. The molecule has 0 aliphatic carbocycles. The Morgan fingerprint density at radius 1 is 1.19 bits per heavy atom. The molecule has 1 atom stereocenters. The van der Waals surface area contributed by atoms with Gasteiger partial charge in [-0.1, -0.05) is 6.92 Å². The molecule has 0 bridgehead atoms. The molecule has 1 N–H and O–H groups in total. The largest absolute Gasteiger partial charge is 0.341 e. The maximum atomic E-state index is 4.71. The molecule has 0 amide bonds. The Hall–Kier alpha value is -2.70. The summed E-state index contributed by atoms with van der Waals surface area (Å²) in [7, 11) is 0. The van der Waals surface area contributed by atoms with Gasteiger partial charge in [0.05, 0.1) is 11.7 Å². The molecule has 1 aliphatic heterocycles. The maximum Gasteiger partial charge on any atom is 0.227 e. The Bertz CT molecular complexity index is 947. The highest BCUT2D eigenvalue weighted by molar-refractivity contribution is 5.79. The van der Waals surface area contributed by atoms with Crippen molar-refractivity contribution in [2.24, 2.45) is 5.92 Å². The standard InChI is InChI=1S/C20H27N7/c1-13(2)27-15(4)23-16-11-22-19(10-17(16)27)24-18-7-8-21-20(25-18)26-9-5-6-14(3)12-26/h7-8,10-11,13-14H,5-6,9,12H2,1-4H3,(H,21,22,24,25). The molecule has 1 unspecified atom stereocenters. The van der Waals surface area contributed by atoms with E-state index in [9.17, 15) is 0 Å². The number of fused-ring (bicyclic) bond motifs is 1. The van der Waals surface area contributed by atoms with Crippen LogP contribution in [0.25, 0.3) is 11.0 Å². The van der Waals surface area contributed by atoms with Crippen molar-refractivity contribution in [2.75, 3.05) is 23.3 Å². The summed E-state index contributed by atoms with van der Waals surface area (Å²) in [6, 6.07) is 4.27. The third-order valence-corrected chi connectivity index (χ3v) is 5.11. The molecular formula is C20H27N7. The summed E-state index contributed by atoms with van der Waals surface area (Å²) in [5.41, 5.74) is 2.00. The van der Waals surface area contributed by atoms with Gasteiger partial charge in [0.25, 0.3) is 0 Å². The first-order valence-corrected chi connectivity index (χ1v) is 9.71. The molecule has 0 saturated carbocycles. The fraction of sp³-hybridized carbons (Fsp3) is 0.500. The van der Waals surface area contributed by atoms with E-state index in [0.717, 1.165) is 47.5 Å². The van der Waals surface area contributed by atoms with Crippen molar-refractivity contribution in [1.82, 2.24) is 24.5 Å². The highest BCUT2D eigenvalue weighted by Gasteiger charge is 2.19. The van der Waals surface area contributed by atoms with Gasteiger partial charge < -0.3 is 14.8 Å². The lowest BCUT2D eigenvalue weighted by Crippen LogP contribution is -2.35. The van der Waals surface area contributed by atoms with Gasteiger partial charge in [0, 0.05) is 31.4 Å². The number of nitrogens with zero attached hydrogens (tertiary/aromatic N) is 6. The molecule has 0 aromatic carbocycles. The molecule has 1 fully saturated rings. The molecule has 0 spiro atoms. The molecule has 0 radical (unpaired) electrons. The lowest BCUT2D eigenvalue weighted by Gasteiger charge is -2.30. The first-order valence-electron chi connectivity index (χ1n) is 9.71. The zero-order valence-corrected chi connectivity index (χ0v) is 16.5. The fourth-order valence-electron chi connectivity index (χ4n) is 3.91. The second-order valence-corrected chi connectivity index (χ2v) is 7.74. The van der Waals surface area contributed by atoms with Crippen molar-refractivity contribution in [2.45, 2.75) is 46.6 Å². The first kappa shape index (κ1) is 17.7. The number of piperidine rings is 1. The number of aromatic nitrogens is 5. The van der Waals surface area contributed by atoms with E-state index >= 15 is 0 Å². The molecule has 4 rings (SSSR count). The molecule has 142 valence electrons. The summed E-state index contributed by atoms with van der Waals surface area (Å²) in [6.07, 6.45) is 6.10. The molecule has 3 aromatic heterocycles. The van der Waals surface area contributed by atoms with E-state index in [-0.39, 0.29) is 0 Å². The van der Waals surface area contributed by atoms with Crippen molar-refractivity contribution >= 4 is 28.6 Å². The molecule has 7 nitrogen and oxygen atoms in total. The third kappa shape index (κ3) is 3.59. The zero-order chi connectivity index (χ0) is 19.0. The highest BCUT2D eigenvalue weighted by Crippen LogP contribution is 2.25. The van der Waals surface area contributed by atoms with Crippen LogP contribution in [-0.2, 0) is 0 Å². The molecule has 27 heavy (non-hydrogen) atoms. The van der Waals surface area contributed by atoms with Gasteiger partial charge in [0.1, 0.15) is 23.0 Å². The van der Waals surface area contributed by atoms with Crippen LogP contribution < -0.4 is 10.2 Å². The zero-order valence-electron chi connectivity index (χ0n) is 16.5. The quantitative estimate of drug-likeness (QED) is 0.751. The van der Waals surface area contributed by atoms with Crippen molar-refractivity contribution in [3.8, 4) is 0 Å². The van der Waals surface area contributed by atoms with Crippen LogP contribution in [0.3, 0.4) is 0 Å². The highest BCUT2D eigenvalue weighted by atomic mass is 15.3. The van der Waals surface area contributed by atoms with E-state index < -0.39 is 0 Å². The Morgan fingerprint density at radius 3 is 2.81 bits per heavy atom. The summed E-state index contributed by atoms with van der Waals surface area (Å²) >= 11 is 0. The van der Waals surface area contributed by atoms with Crippen molar-refractivity contribution < 1.29 is 0 Å². The lowest BCUT2D eigenvalue weighted by atomic mass is 10.0. The second-order valence-electron chi connectivity index (χ2n) is 7.74. The Morgan fingerprint density at radius 2 is 2.04 bits per heavy atom. The van der Waals surface area contributed by atoms with Crippen LogP contribution in [0.4, 0.5) is 17.6 Å². The topological polar surface area (TPSA) is 71.8 Å². The first-order chi connectivity index (χ1) is 13.0. The smallest absolute Gasteiger partial charge is 0.227 e. The van der Waals surface area contributed by atoms with Crippen LogP contribution in [0, 0.1) is 12.8 Å². The SMILES string of the molecule is Cc1nc2cnc(Nc3ccnc(N4CCCC(C)C4)n3)cc2n1C(C)C. The summed E-state index contributed by atoms with van der Waals surface area (Å²) in [5, 5.41) is 3.33. The molecular weight excluding hydrogens is 338 g/mol. The number of anilines is 3. The van der Waals surface area contributed by atoms with Gasteiger partial charge in [-0.2, -0.15) is 4.98 Å². The number of imidazole rings is 1. The number of hydrogen-bond acceptors (Lipinski definition) is 6. The van der Waals surface area contributed by atoms with Crippen molar-refractivity contribution in [3.05, 3.63) is 30.4 Å². The van der Waals surface area contributed by atoms with Gasteiger partial charge in [-0.15, -0.1) is 0 Å². The van der Waals surface area contributed by atoms with E-state index in [2.05, 4.69) is 50.5 Å². The molecule has 1 aliphatic rings. The fourth-order valence-corrected chi connectivity index (χ4v) is 3.91. The number of aryl methyl sites for hydroxylation is 1. The van der Waals surface area contributed by atoms with Gasteiger partial charge in [0.2, 0.25) is 5.95 Å². The monoisotopic (exact) mass is 365 g/mol. The van der Waals surface area contributed by atoms with Crippen molar-refractivity contribution in [1.29, 1.82) is 0 Å². The average Bonchev–Trinajstić information content (AvgIpc) is 2.97. The number of hydrogen-bond donors (Lipinski definition) is 1. The van der Waals surface area contributed by atoms with Crippen molar-refractivity contribution in [3.63, 3.8) is 0 Å². The Kier molecular flexibility index (Phi) is 4.68. The Balaban J connectivity index is 1.60. The van der Waals surface area contributed by atoms with Gasteiger partial charge >= 0.3 is 0 Å². The summed E-state index contributed by atoms with van der Waals surface area (Å²) in [6.45, 7) is 10.7. The van der Waals surface area contributed by atoms with E-state index in [0.29, 0.717) is 12.0 Å². The normalized spacial score (nSPS) is 17.7. The molecule has 3 aromatic rings. The number of rotatable bonds is 4. The summed E-state index contributed by atoms with van der Waals surface area (Å²) in [5.74, 6) is 4.00. The summed E-state index contributed by atoms with van der Waals surface area (Å²) in [4.78, 5) is 20.6. The minimum atomic E-state index is 0.344. The number of nitrogens with one attached hydrogen (secondary N) is 1. The predicted molar refractivity (Wildman–Crippen MR) is 109 cm³/mol. The number of pyridine rings is 1.